The van der Waals surface area contributed by atoms with Gasteiger partial charge in [-0.05, 0) is 41.5 Å². The van der Waals surface area contributed by atoms with Gasteiger partial charge in [-0.3, -0.25) is 9.05 Å². The topological polar surface area (TPSA) is 47.6 Å². The third-order valence-corrected chi connectivity index (χ3v) is 3.42. The maximum absolute atomic E-state index is 12.3. The van der Waals surface area contributed by atoms with Gasteiger partial charge in [-0.25, -0.2) is 9.65 Å². The van der Waals surface area contributed by atoms with E-state index in [2.05, 4.69) is 5.09 Å². The summed E-state index contributed by atoms with van der Waals surface area (Å²) in [4.78, 5) is 0. The Balaban J connectivity index is 4.68. The van der Waals surface area contributed by atoms with Crippen LogP contribution in [0.15, 0.2) is 0 Å². The minimum Gasteiger partial charge on any atom is -0.291 e. The molecule has 0 saturated carbocycles. The third kappa shape index (κ3) is 7.97. The predicted molar refractivity (Wildman–Crippen MR) is 63.0 cm³/mol. The summed E-state index contributed by atoms with van der Waals surface area (Å²) in [6.07, 6.45) is 0. The summed E-state index contributed by atoms with van der Waals surface area (Å²) in [5.74, 6) is 0. The van der Waals surface area contributed by atoms with Crippen molar-refractivity contribution in [2.75, 3.05) is 6.54 Å². The average Bonchev–Trinajstić information content (AvgIpc) is 1.74. The highest BCUT2D eigenvalue weighted by Gasteiger charge is 2.34. The Morgan fingerprint density at radius 1 is 1.00 bits per heavy atom. The lowest BCUT2D eigenvalue weighted by atomic mass is 10.2. The zero-order valence-electron chi connectivity index (χ0n) is 10.9. The van der Waals surface area contributed by atoms with Crippen molar-refractivity contribution in [3.63, 3.8) is 0 Å². The molecule has 0 rings (SSSR count). The molecule has 0 atom stereocenters. The van der Waals surface area contributed by atoms with Crippen molar-refractivity contribution in [2.24, 2.45) is 0 Å². The normalized spacial score (nSPS) is 14.3. The molecule has 0 aromatic rings. The molecule has 0 unspecified atom stereocenters. The van der Waals surface area contributed by atoms with Gasteiger partial charge in [-0.1, -0.05) is 6.92 Å². The van der Waals surface area contributed by atoms with E-state index in [4.69, 9.17) is 9.05 Å². The molecule has 0 amide bonds. The first-order valence-electron chi connectivity index (χ1n) is 5.24. The molecule has 0 aliphatic carbocycles. The van der Waals surface area contributed by atoms with Gasteiger partial charge in [0.1, 0.15) is 0 Å². The molecule has 92 valence electrons. The molecule has 1 N–H and O–H groups in total. The van der Waals surface area contributed by atoms with Crippen LogP contribution in [0, 0.1) is 0 Å². The van der Waals surface area contributed by atoms with Gasteiger partial charge >= 0.3 is 7.75 Å². The van der Waals surface area contributed by atoms with Gasteiger partial charge in [0, 0.05) is 6.54 Å². The molecule has 0 radical (unpaired) electrons. The molecule has 0 aliphatic heterocycles. The first-order chi connectivity index (χ1) is 6.47. The van der Waals surface area contributed by atoms with Crippen LogP contribution < -0.4 is 5.09 Å². The maximum Gasteiger partial charge on any atom is 0.406 e. The lowest BCUT2D eigenvalue weighted by Crippen LogP contribution is -2.29. The molecule has 0 aromatic carbocycles. The Kier molecular flexibility index (Phi) is 5.00. The van der Waals surface area contributed by atoms with Crippen LogP contribution >= 0.6 is 7.75 Å². The van der Waals surface area contributed by atoms with E-state index in [-0.39, 0.29) is 0 Å². The molecule has 5 heteroatoms. The van der Waals surface area contributed by atoms with Gasteiger partial charge < -0.3 is 0 Å². The molecule has 0 bridgehead atoms. The van der Waals surface area contributed by atoms with Crippen LogP contribution in [0.2, 0.25) is 0 Å². The van der Waals surface area contributed by atoms with Crippen molar-refractivity contribution in [1.82, 2.24) is 5.09 Å². The zero-order valence-corrected chi connectivity index (χ0v) is 11.8. The van der Waals surface area contributed by atoms with E-state index in [0.29, 0.717) is 6.54 Å². The second-order valence-electron chi connectivity index (χ2n) is 5.42. The molecular formula is C10H24NO3P. The van der Waals surface area contributed by atoms with Gasteiger partial charge in [0.2, 0.25) is 0 Å². The molecule has 0 aromatic heterocycles. The van der Waals surface area contributed by atoms with E-state index in [1.54, 1.807) is 0 Å². The lowest BCUT2D eigenvalue weighted by molar-refractivity contribution is 0.0445. The molecule has 0 aliphatic rings. The summed E-state index contributed by atoms with van der Waals surface area (Å²) in [6, 6.07) is 0. The van der Waals surface area contributed by atoms with Crippen LogP contribution in [0.3, 0.4) is 0 Å². The van der Waals surface area contributed by atoms with Gasteiger partial charge in [-0.2, -0.15) is 0 Å². The number of nitrogens with one attached hydrogen (secondary N) is 1. The zero-order chi connectivity index (χ0) is 12.3. The summed E-state index contributed by atoms with van der Waals surface area (Å²) in [6.45, 7) is 13.5. The highest BCUT2D eigenvalue weighted by Crippen LogP contribution is 2.50. The Bertz CT molecular complexity index is 220. The Morgan fingerprint density at radius 2 is 1.33 bits per heavy atom. The van der Waals surface area contributed by atoms with Crippen LogP contribution in [0.4, 0.5) is 0 Å². The van der Waals surface area contributed by atoms with Crippen LogP contribution in [-0.2, 0) is 13.6 Å². The summed E-state index contributed by atoms with van der Waals surface area (Å²) >= 11 is 0. The monoisotopic (exact) mass is 237 g/mol. The van der Waals surface area contributed by atoms with Gasteiger partial charge in [0.15, 0.2) is 0 Å². The summed E-state index contributed by atoms with van der Waals surface area (Å²) in [7, 11) is -3.21. The highest BCUT2D eigenvalue weighted by atomic mass is 31.2. The summed E-state index contributed by atoms with van der Waals surface area (Å²) in [5.41, 5.74) is -0.994. The van der Waals surface area contributed by atoms with E-state index in [1.807, 2.05) is 48.5 Å². The minimum absolute atomic E-state index is 0.497. The van der Waals surface area contributed by atoms with E-state index < -0.39 is 18.9 Å². The van der Waals surface area contributed by atoms with Crippen LogP contribution in [0.25, 0.3) is 0 Å². The lowest BCUT2D eigenvalue weighted by Gasteiger charge is -2.31. The Labute approximate surface area is 93.3 Å². The third-order valence-electron chi connectivity index (χ3n) is 1.14. The molecule has 0 fully saturated rings. The average molecular weight is 237 g/mol. The van der Waals surface area contributed by atoms with Gasteiger partial charge in [0.25, 0.3) is 0 Å². The fraction of sp³-hybridized carbons (Fsp3) is 1.00. The van der Waals surface area contributed by atoms with E-state index >= 15 is 0 Å². The molecule has 15 heavy (non-hydrogen) atoms. The Hall–Kier alpha value is 0.110. The minimum atomic E-state index is -3.21. The van der Waals surface area contributed by atoms with Crippen molar-refractivity contribution in [3.8, 4) is 0 Å². The SMILES string of the molecule is CCNP(=O)(OC(C)(C)C)OC(C)(C)C. The van der Waals surface area contributed by atoms with Gasteiger partial charge in [-0.15, -0.1) is 0 Å². The fourth-order valence-electron chi connectivity index (χ4n) is 0.998. The standard InChI is InChI=1S/C10H24NO3P/c1-8-11-15(12,13-9(2,3)4)14-10(5,6)7/h8H2,1-7H3,(H,11,12). The molecule has 0 saturated heterocycles. The van der Waals surface area contributed by atoms with E-state index in [1.165, 1.54) is 0 Å². The first-order valence-corrected chi connectivity index (χ1v) is 6.78. The van der Waals surface area contributed by atoms with Crippen LogP contribution in [0.1, 0.15) is 48.5 Å². The fourth-order valence-corrected chi connectivity index (χ4v) is 2.99. The second kappa shape index (κ2) is 4.96. The quantitative estimate of drug-likeness (QED) is 0.762. The first kappa shape index (κ1) is 15.1. The largest absolute Gasteiger partial charge is 0.406 e. The van der Waals surface area contributed by atoms with E-state index in [0.717, 1.165) is 0 Å². The van der Waals surface area contributed by atoms with Crippen molar-refractivity contribution < 1.29 is 13.6 Å². The summed E-state index contributed by atoms with van der Waals surface area (Å²) in [5, 5.41) is 2.78. The van der Waals surface area contributed by atoms with Crippen LogP contribution in [0.5, 0.6) is 0 Å². The second-order valence-corrected chi connectivity index (χ2v) is 7.09. The van der Waals surface area contributed by atoms with Crippen molar-refractivity contribution in [1.29, 1.82) is 0 Å². The molecular weight excluding hydrogens is 213 g/mol. The maximum atomic E-state index is 12.3. The molecule has 0 spiro atoms. The molecule has 4 nitrogen and oxygen atoms in total. The number of rotatable bonds is 4. The van der Waals surface area contributed by atoms with E-state index in [9.17, 15) is 4.57 Å². The number of hydrogen-bond donors (Lipinski definition) is 1. The highest BCUT2D eigenvalue weighted by molar-refractivity contribution is 7.51. The number of hydrogen-bond acceptors (Lipinski definition) is 3. The van der Waals surface area contributed by atoms with Crippen molar-refractivity contribution in [2.45, 2.75) is 59.7 Å². The summed E-state index contributed by atoms with van der Waals surface area (Å²) < 4.78 is 23.2. The van der Waals surface area contributed by atoms with Crippen molar-refractivity contribution >= 4 is 7.75 Å². The molecule has 0 heterocycles. The van der Waals surface area contributed by atoms with Crippen LogP contribution in [-0.4, -0.2) is 17.7 Å². The van der Waals surface area contributed by atoms with Crippen molar-refractivity contribution in [3.05, 3.63) is 0 Å². The Morgan fingerprint density at radius 3 is 1.53 bits per heavy atom. The van der Waals surface area contributed by atoms with Gasteiger partial charge in [0.05, 0.1) is 11.2 Å². The predicted octanol–water partition coefficient (Wildman–Crippen LogP) is 3.33. The smallest absolute Gasteiger partial charge is 0.291 e.